The Kier molecular flexibility index (Phi) is 5.24. The molecule has 28 heavy (non-hydrogen) atoms. The number of hydrogen-bond acceptors (Lipinski definition) is 4. The summed E-state index contributed by atoms with van der Waals surface area (Å²) in [6, 6.07) is 9.77. The first-order chi connectivity index (χ1) is 13.5. The lowest BCUT2D eigenvalue weighted by molar-refractivity contribution is 0.0117. The van der Waals surface area contributed by atoms with Crippen LogP contribution in [0.25, 0.3) is 10.9 Å². The number of benzene rings is 1. The van der Waals surface area contributed by atoms with E-state index in [0.29, 0.717) is 25.3 Å². The quantitative estimate of drug-likeness (QED) is 0.710. The van der Waals surface area contributed by atoms with E-state index < -0.39 is 0 Å². The maximum Gasteiger partial charge on any atom is 0.251 e. The molecule has 3 heterocycles. The van der Waals surface area contributed by atoms with Gasteiger partial charge in [-0.15, -0.1) is 0 Å². The smallest absolute Gasteiger partial charge is 0.251 e. The molecule has 2 N–H and O–H groups in total. The fourth-order valence-electron chi connectivity index (χ4n) is 3.83. The Hall–Kier alpha value is -2.57. The lowest BCUT2D eigenvalue weighted by Crippen LogP contribution is -2.43. The zero-order valence-electron chi connectivity index (χ0n) is 16.7. The van der Waals surface area contributed by atoms with Crippen LogP contribution in [0.3, 0.4) is 0 Å². The number of carbonyl (C=O) groups is 1. The van der Waals surface area contributed by atoms with Crippen molar-refractivity contribution in [2.24, 2.45) is 0 Å². The van der Waals surface area contributed by atoms with E-state index in [1.807, 2.05) is 44.2 Å². The summed E-state index contributed by atoms with van der Waals surface area (Å²) in [5, 5.41) is 4.20. The van der Waals surface area contributed by atoms with E-state index in [4.69, 9.17) is 9.15 Å². The van der Waals surface area contributed by atoms with Gasteiger partial charge in [0.1, 0.15) is 11.5 Å². The van der Waals surface area contributed by atoms with E-state index in [9.17, 15) is 4.79 Å². The largest absolute Gasteiger partial charge is 0.465 e. The molecule has 148 valence electrons. The Bertz CT molecular complexity index is 982. The van der Waals surface area contributed by atoms with E-state index in [0.717, 1.165) is 41.2 Å². The van der Waals surface area contributed by atoms with Crippen molar-refractivity contribution in [3.8, 4) is 0 Å². The molecule has 0 aliphatic carbocycles. The topological polar surface area (TPSA) is 70.5 Å². The highest BCUT2D eigenvalue weighted by molar-refractivity contribution is 5.99. The molecule has 0 radical (unpaired) electrons. The standard InChI is InChI=1S/C22H27N3O3/c1-14-4-7-21(28-14)20(25-8-10-27-11-9-25)13-23-22(26)17-5-6-19-18(12-17)15(2)16(3)24-19/h4-7,12,20,24H,8-11,13H2,1-3H3,(H,23,26)/t20-/m0/s1. The third-order valence-electron chi connectivity index (χ3n) is 5.60. The molecule has 1 aromatic carbocycles. The van der Waals surface area contributed by atoms with Crippen molar-refractivity contribution in [2.75, 3.05) is 32.8 Å². The molecule has 1 aliphatic heterocycles. The van der Waals surface area contributed by atoms with Crippen molar-refractivity contribution in [3.63, 3.8) is 0 Å². The number of aromatic nitrogens is 1. The van der Waals surface area contributed by atoms with E-state index in [1.165, 1.54) is 5.56 Å². The average molecular weight is 381 g/mol. The van der Waals surface area contributed by atoms with Crippen LogP contribution in [0.4, 0.5) is 0 Å². The van der Waals surface area contributed by atoms with E-state index in [1.54, 1.807) is 0 Å². The molecule has 0 bridgehead atoms. The van der Waals surface area contributed by atoms with Crippen LogP contribution in [-0.4, -0.2) is 48.6 Å². The maximum absolute atomic E-state index is 12.8. The highest BCUT2D eigenvalue weighted by Gasteiger charge is 2.26. The molecule has 3 aromatic rings. The molecule has 0 spiro atoms. The van der Waals surface area contributed by atoms with Gasteiger partial charge in [0.25, 0.3) is 5.91 Å². The number of fused-ring (bicyclic) bond motifs is 1. The minimum absolute atomic E-state index is 0.00141. The van der Waals surface area contributed by atoms with Crippen LogP contribution in [0.15, 0.2) is 34.7 Å². The van der Waals surface area contributed by atoms with Gasteiger partial charge in [0.15, 0.2) is 0 Å². The molecule has 1 amide bonds. The van der Waals surface area contributed by atoms with Gasteiger partial charge in [-0.2, -0.15) is 0 Å². The summed E-state index contributed by atoms with van der Waals surface area (Å²) in [6.07, 6.45) is 0. The summed E-state index contributed by atoms with van der Waals surface area (Å²) in [6.45, 7) is 9.61. The SMILES string of the molecule is Cc1ccc([C@H](CNC(=O)c2ccc3[nH]c(C)c(C)c3c2)N2CCOCC2)o1. The van der Waals surface area contributed by atoms with Crippen molar-refractivity contribution >= 4 is 16.8 Å². The first-order valence-electron chi connectivity index (χ1n) is 9.78. The van der Waals surface area contributed by atoms with Gasteiger partial charge in [-0.05, 0) is 56.7 Å². The van der Waals surface area contributed by atoms with Gasteiger partial charge in [0.2, 0.25) is 0 Å². The number of amides is 1. The van der Waals surface area contributed by atoms with E-state index in [-0.39, 0.29) is 11.9 Å². The fraction of sp³-hybridized carbons (Fsp3) is 0.409. The van der Waals surface area contributed by atoms with E-state index in [2.05, 4.69) is 22.1 Å². The molecule has 1 saturated heterocycles. The van der Waals surface area contributed by atoms with Gasteiger partial charge in [-0.3, -0.25) is 9.69 Å². The molecular weight excluding hydrogens is 354 g/mol. The van der Waals surface area contributed by atoms with Crippen molar-refractivity contribution in [1.82, 2.24) is 15.2 Å². The number of carbonyl (C=O) groups excluding carboxylic acids is 1. The predicted molar refractivity (Wildman–Crippen MR) is 109 cm³/mol. The van der Waals surface area contributed by atoms with Crippen LogP contribution in [0.5, 0.6) is 0 Å². The Morgan fingerprint density at radius 3 is 2.68 bits per heavy atom. The Morgan fingerprint density at radius 1 is 1.18 bits per heavy atom. The zero-order valence-corrected chi connectivity index (χ0v) is 16.7. The second kappa shape index (κ2) is 7.81. The number of nitrogens with one attached hydrogen (secondary N) is 2. The zero-order chi connectivity index (χ0) is 19.7. The van der Waals surface area contributed by atoms with Gasteiger partial charge in [0.05, 0.1) is 19.3 Å². The lowest BCUT2D eigenvalue weighted by Gasteiger charge is -2.33. The van der Waals surface area contributed by atoms with Crippen molar-refractivity contribution in [3.05, 3.63) is 58.7 Å². The van der Waals surface area contributed by atoms with Gasteiger partial charge in [0, 0.05) is 41.8 Å². The number of morpholine rings is 1. The van der Waals surface area contributed by atoms with Crippen LogP contribution in [-0.2, 0) is 4.74 Å². The van der Waals surface area contributed by atoms with Crippen molar-refractivity contribution in [1.29, 1.82) is 0 Å². The molecule has 6 nitrogen and oxygen atoms in total. The monoisotopic (exact) mass is 381 g/mol. The third-order valence-corrected chi connectivity index (χ3v) is 5.60. The normalized spacial score (nSPS) is 16.4. The van der Waals surface area contributed by atoms with Gasteiger partial charge in [-0.1, -0.05) is 0 Å². The maximum atomic E-state index is 12.8. The number of aryl methyl sites for hydroxylation is 3. The molecule has 0 unspecified atom stereocenters. The van der Waals surface area contributed by atoms with Gasteiger partial charge in [-0.25, -0.2) is 0 Å². The number of nitrogens with zero attached hydrogens (tertiary/aromatic N) is 1. The fourth-order valence-corrected chi connectivity index (χ4v) is 3.83. The first kappa shape index (κ1) is 18.8. The number of ether oxygens (including phenoxy) is 1. The molecule has 0 saturated carbocycles. The summed E-state index contributed by atoms with van der Waals surface area (Å²) in [5.41, 5.74) is 4.05. The Balaban J connectivity index is 1.51. The van der Waals surface area contributed by atoms with Crippen LogP contribution in [0.1, 0.15) is 39.2 Å². The van der Waals surface area contributed by atoms with Crippen LogP contribution < -0.4 is 5.32 Å². The second-order valence-corrected chi connectivity index (χ2v) is 7.46. The van der Waals surface area contributed by atoms with Crippen LogP contribution >= 0.6 is 0 Å². The summed E-state index contributed by atoms with van der Waals surface area (Å²) < 4.78 is 11.4. The molecule has 1 aliphatic rings. The third kappa shape index (κ3) is 3.70. The number of H-pyrrole nitrogens is 1. The summed E-state index contributed by atoms with van der Waals surface area (Å²) >= 11 is 0. The lowest BCUT2D eigenvalue weighted by atomic mass is 10.1. The first-order valence-corrected chi connectivity index (χ1v) is 9.78. The number of aromatic amines is 1. The molecule has 2 aromatic heterocycles. The number of hydrogen-bond donors (Lipinski definition) is 2. The summed E-state index contributed by atoms with van der Waals surface area (Å²) in [5.74, 6) is 1.69. The predicted octanol–water partition coefficient (Wildman–Crippen LogP) is 3.49. The molecule has 4 rings (SSSR count). The highest BCUT2D eigenvalue weighted by atomic mass is 16.5. The summed E-state index contributed by atoms with van der Waals surface area (Å²) in [7, 11) is 0. The van der Waals surface area contributed by atoms with Crippen molar-refractivity contribution < 1.29 is 13.9 Å². The minimum Gasteiger partial charge on any atom is -0.465 e. The minimum atomic E-state index is -0.0679. The number of rotatable bonds is 5. The van der Waals surface area contributed by atoms with Gasteiger partial charge >= 0.3 is 0 Å². The van der Waals surface area contributed by atoms with Crippen molar-refractivity contribution in [2.45, 2.75) is 26.8 Å². The average Bonchev–Trinajstić information content (AvgIpc) is 3.26. The van der Waals surface area contributed by atoms with Crippen LogP contribution in [0.2, 0.25) is 0 Å². The molecule has 6 heteroatoms. The molecule has 1 atom stereocenters. The van der Waals surface area contributed by atoms with Gasteiger partial charge < -0.3 is 19.5 Å². The second-order valence-electron chi connectivity index (χ2n) is 7.46. The number of furan rings is 1. The Morgan fingerprint density at radius 2 is 1.96 bits per heavy atom. The van der Waals surface area contributed by atoms with Crippen LogP contribution in [0, 0.1) is 20.8 Å². The highest BCUT2D eigenvalue weighted by Crippen LogP contribution is 2.25. The molecule has 1 fully saturated rings. The summed E-state index contributed by atoms with van der Waals surface area (Å²) in [4.78, 5) is 18.5. The Labute approximate surface area is 164 Å². The molecular formula is C22H27N3O3. The van der Waals surface area contributed by atoms with E-state index >= 15 is 0 Å².